The van der Waals surface area contributed by atoms with Crippen LogP contribution in [0.4, 0.5) is 0 Å². The Hall–Kier alpha value is -0.410. The molecule has 0 aliphatic rings. The van der Waals surface area contributed by atoms with E-state index in [4.69, 9.17) is 10.2 Å². The third-order valence-electron chi connectivity index (χ3n) is 1.25. The largest absolute Gasteiger partial charge is 0.396 e. The third-order valence-corrected chi connectivity index (χ3v) is 1.25. The topological polar surface area (TPSA) is 57.5 Å². The van der Waals surface area contributed by atoms with Crippen LogP contribution >= 0.6 is 0 Å². The van der Waals surface area contributed by atoms with Crippen LogP contribution in [0.15, 0.2) is 0 Å². The van der Waals surface area contributed by atoms with E-state index in [1.807, 2.05) is 0 Å². The molecule has 2 unspecified atom stereocenters. The quantitative estimate of drug-likeness (QED) is 0.510. The molecule has 3 heteroatoms. The molecule has 0 aliphatic heterocycles. The van der Waals surface area contributed by atoms with Crippen LogP contribution in [0.25, 0.3) is 0 Å². The minimum Gasteiger partial charge on any atom is -0.396 e. The first-order valence-electron chi connectivity index (χ1n) is 2.96. The summed E-state index contributed by atoms with van der Waals surface area (Å²) in [6, 6.07) is 0. The van der Waals surface area contributed by atoms with Gasteiger partial charge in [0.1, 0.15) is 6.29 Å². The second-order valence-corrected chi connectivity index (χ2v) is 2.07. The van der Waals surface area contributed by atoms with E-state index in [9.17, 15) is 4.79 Å². The van der Waals surface area contributed by atoms with Gasteiger partial charge in [0.25, 0.3) is 0 Å². The number of aliphatic hydroxyl groups excluding tert-OH is 2. The fourth-order valence-electron chi connectivity index (χ4n) is 0.486. The predicted molar refractivity (Wildman–Crippen MR) is 32.9 cm³/mol. The number of carbonyl (C=O) groups is 1. The van der Waals surface area contributed by atoms with E-state index in [2.05, 4.69) is 0 Å². The minimum absolute atomic E-state index is 0.0701. The number of hydrogen-bond donors (Lipinski definition) is 2. The highest BCUT2D eigenvalue weighted by Gasteiger charge is 2.10. The Morgan fingerprint density at radius 1 is 1.67 bits per heavy atom. The van der Waals surface area contributed by atoms with Crippen LogP contribution in [0.2, 0.25) is 0 Å². The van der Waals surface area contributed by atoms with Crippen LogP contribution in [0.1, 0.15) is 13.3 Å². The fourth-order valence-corrected chi connectivity index (χ4v) is 0.486. The molecule has 54 valence electrons. The molecular formula is C6H12O3. The number of carbonyl (C=O) groups excluding carboxylic acids is 1. The minimum atomic E-state index is -0.688. The molecule has 0 aliphatic carbocycles. The number of aliphatic hydroxyl groups is 2. The van der Waals surface area contributed by atoms with Crippen molar-refractivity contribution in [2.45, 2.75) is 19.4 Å². The molecule has 0 aromatic carbocycles. The van der Waals surface area contributed by atoms with Gasteiger partial charge >= 0.3 is 0 Å². The zero-order valence-electron chi connectivity index (χ0n) is 5.45. The highest BCUT2D eigenvalue weighted by Crippen LogP contribution is 2.01. The van der Waals surface area contributed by atoms with Crippen LogP contribution in [0, 0.1) is 5.92 Å². The summed E-state index contributed by atoms with van der Waals surface area (Å²) in [7, 11) is 0. The highest BCUT2D eigenvalue weighted by molar-refractivity contribution is 5.53. The van der Waals surface area contributed by atoms with Crippen LogP contribution in [-0.2, 0) is 4.79 Å². The van der Waals surface area contributed by atoms with Crippen LogP contribution in [0.5, 0.6) is 0 Å². The van der Waals surface area contributed by atoms with Crippen molar-refractivity contribution in [1.82, 2.24) is 0 Å². The number of aldehydes is 1. The van der Waals surface area contributed by atoms with Gasteiger partial charge < -0.3 is 15.0 Å². The lowest BCUT2D eigenvalue weighted by atomic mass is 10.0. The fraction of sp³-hybridized carbons (Fsp3) is 0.833. The second-order valence-electron chi connectivity index (χ2n) is 2.07. The van der Waals surface area contributed by atoms with E-state index in [0.717, 1.165) is 0 Å². The van der Waals surface area contributed by atoms with E-state index in [1.54, 1.807) is 6.92 Å². The Morgan fingerprint density at radius 2 is 2.22 bits per heavy atom. The molecule has 2 atom stereocenters. The summed E-state index contributed by atoms with van der Waals surface area (Å²) in [4.78, 5) is 9.98. The van der Waals surface area contributed by atoms with E-state index in [-0.39, 0.29) is 18.9 Å². The van der Waals surface area contributed by atoms with Crippen LogP contribution < -0.4 is 0 Å². The van der Waals surface area contributed by atoms with Gasteiger partial charge in [-0.05, 0) is 6.42 Å². The van der Waals surface area contributed by atoms with Crippen molar-refractivity contribution in [3.8, 4) is 0 Å². The maximum atomic E-state index is 9.98. The molecule has 0 radical (unpaired) electrons. The van der Waals surface area contributed by atoms with Gasteiger partial charge in [0, 0.05) is 12.5 Å². The molecule has 9 heavy (non-hydrogen) atoms. The average molecular weight is 132 g/mol. The molecular weight excluding hydrogens is 120 g/mol. The second kappa shape index (κ2) is 4.47. The van der Waals surface area contributed by atoms with Crippen molar-refractivity contribution in [2.75, 3.05) is 6.61 Å². The molecule has 0 heterocycles. The molecule has 0 spiro atoms. The van der Waals surface area contributed by atoms with Gasteiger partial charge in [-0.1, -0.05) is 6.92 Å². The van der Waals surface area contributed by atoms with Crippen LogP contribution in [-0.4, -0.2) is 29.2 Å². The highest BCUT2D eigenvalue weighted by atomic mass is 16.3. The van der Waals surface area contributed by atoms with Gasteiger partial charge in [-0.25, -0.2) is 0 Å². The Balaban J connectivity index is 3.44. The van der Waals surface area contributed by atoms with Gasteiger partial charge in [0.05, 0.1) is 6.10 Å². The lowest BCUT2D eigenvalue weighted by Gasteiger charge is -2.10. The monoisotopic (exact) mass is 132 g/mol. The molecule has 0 amide bonds. The van der Waals surface area contributed by atoms with E-state index in [0.29, 0.717) is 6.29 Å². The molecule has 0 saturated carbocycles. The standard InChI is InChI=1S/C6H12O3/c1-5(4-8)6(9)2-3-7/h4-7,9H,2-3H2,1H3. The van der Waals surface area contributed by atoms with Crippen molar-refractivity contribution in [3.63, 3.8) is 0 Å². The summed E-state index contributed by atoms with van der Waals surface area (Å²) in [5.41, 5.74) is 0. The zero-order chi connectivity index (χ0) is 7.28. The molecule has 0 rings (SSSR count). The summed E-state index contributed by atoms with van der Waals surface area (Å²) >= 11 is 0. The molecule has 0 bridgehead atoms. The lowest BCUT2D eigenvalue weighted by molar-refractivity contribution is -0.113. The first kappa shape index (κ1) is 8.59. The molecule has 2 N–H and O–H groups in total. The Kier molecular flexibility index (Phi) is 4.26. The van der Waals surface area contributed by atoms with Gasteiger partial charge in [0.2, 0.25) is 0 Å². The summed E-state index contributed by atoms with van der Waals surface area (Å²) in [5, 5.41) is 17.2. The summed E-state index contributed by atoms with van der Waals surface area (Å²) in [6.45, 7) is 1.55. The van der Waals surface area contributed by atoms with E-state index < -0.39 is 6.10 Å². The smallest absolute Gasteiger partial charge is 0.125 e. The summed E-state index contributed by atoms with van der Waals surface area (Å²) in [5.74, 6) is -0.364. The zero-order valence-corrected chi connectivity index (χ0v) is 5.45. The van der Waals surface area contributed by atoms with Crippen molar-refractivity contribution >= 4 is 6.29 Å². The maximum Gasteiger partial charge on any atom is 0.125 e. The molecule has 0 aromatic rings. The lowest BCUT2D eigenvalue weighted by Crippen LogP contribution is -2.19. The Morgan fingerprint density at radius 3 is 2.56 bits per heavy atom. The molecule has 0 saturated heterocycles. The average Bonchev–Trinajstić information content (AvgIpc) is 1.87. The summed E-state index contributed by atoms with van der Waals surface area (Å²) in [6.07, 6.45) is 0.271. The first-order valence-corrected chi connectivity index (χ1v) is 2.96. The van der Waals surface area contributed by atoms with Crippen molar-refractivity contribution in [3.05, 3.63) is 0 Å². The molecule has 3 nitrogen and oxygen atoms in total. The van der Waals surface area contributed by atoms with E-state index in [1.165, 1.54) is 0 Å². The molecule has 0 aromatic heterocycles. The Labute approximate surface area is 54.3 Å². The van der Waals surface area contributed by atoms with E-state index >= 15 is 0 Å². The van der Waals surface area contributed by atoms with Crippen molar-refractivity contribution in [2.24, 2.45) is 5.92 Å². The van der Waals surface area contributed by atoms with Gasteiger partial charge in [-0.15, -0.1) is 0 Å². The SMILES string of the molecule is CC(C=O)C(O)CCO. The molecule has 0 fully saturated rings. The van der Waals surface area contributed by atoms with Gasteiger partial charge in [0.15, 0.2) is 0 Å². The van der Waals surface area contributed by atoms with Gasteiger partial charge in [-0.3, -0.25) is 0 Å². The van der Waals surface area contributed by atoms with Crippen molar-refractivity contribution < 1.29 is 15.0 Å². The third kappa shape index (κ3) is 3.21. The maximum absolute atomic E-state index is 9.98. The van der Waals surface area contributed by atoms with Crippen molar-refractivity contribution in [1.29, 1.82) is 0 Å². The number of rotatable bonds is 4. The Bertz CT molecular complexity index is 82.4. The van der Waals surface area contributed by atoms with Gasteiger partial charge in [-0.2, -0.15) is 0 Å². The van der Waals surface area contributed by atoms with Crippen LogP contribution in [0.3, 0.4) is 0 Å². The first-order chi connectivity index (χ1) is 4.22. The predicted octanol–water partition coefficient (Wildman–Crippen LogP) is -0.435. The number of hydrogen-bond acceptors (Lipinski definition) is 3. The normalized spacial score (nSPS) is 16.8. The summed E-state index contributed by atoms with van der Waals surface area (Å²) < 4.78 is 0.